The van der Waals surface area contributed by atoms with Gasteiger partial charge in [-0.3, -0.25) is 4.79 Å². The van der Waals surface area contributed by atoms with Gasteiger partial charge < -0.3 is 54.7 Å². The number of allylic oxidation sites excluding steroid dienone is 2. The van der Waals surface area contributed by atoms with Crippen molar-refractivity contribution in [2.75, 3.05) is 13.2 Å². The third-order valence-electron chi connectivity index (χ3n) is 17.0. The Hall–Kier alpha value is -1.19. The van der Waals surface area contributed by atoms with Gasteiger partial charge in [-0.2, -0.15) is 0 Å². The van der Waals surface area contributed by atoms with Crippen LogP contribution in [0.5, 0.6) is 0 Å². The fraction of sp³-hybridized carbons (Fsp3) is 0.927. The molecule has 18 atom stereocenters. The topological polar surface area (TPSA) is 196 Å². The van der Waals surface area contributed by atoms with Crippen molar-refractivity contribution in [3.63, 3.8) is 0 Å². The van der Waals surface area contributed by atoms with E-state index in [-0.39, 0.29) is 46.7 Å². The summed E-state index contributed by atoms with van der Waals surface area (Å²) in [5, 5.41) is 74.9. The number of fused-ring (bicyclic) bond motifs is 7. The van der Waals surface area contributed by atoms with E-state index >= 15 is 0 Å². The monoisotopic (exact) mass is 750 g/mol. The Balaban J connectivity index is 1.15. The average molecular weight is 751 g/mol. The molecule has 12 nitrogen and oxygen atoms in total. The fourth-order valence-electron chi connectivity index (χ4n) is 13.3. The first-order valence-corrected chi connectivity index (χ1v) is 20.2. The molecule has 302 valence electrons. The van der Waals surface area contributed by atoms with E-state index in [0.717, 1.165) is 51.4 Å². The lowest BCUT2D eigenvalue weighted by Crippen LogP contribution is -2.67. The summed E-state index contributed by atoms with van der Waals surface area (Å²) in [6.45, 7) is 15.1. The molecular formula is C41H66O12. The van der Waals surface area contributed by atoms with Crippen LogP contribution in [0.15, 0.2) is 11.6 Å². The molecule has 2 saturated heterocycles. The van der Waals surface area contributed by atoms with E-state index in [2.05, 4.69) is 47.6 Å². The first-order chi connectivity index (χ1) is 24.7. The van der Waals surface area contributed by atoms with Gasteiger partial charge in [-0.15, -0.1) is 0 Å². The van der Waals surface area contributed by atoms with E-state index < -0.39 is 78.2 Å². The number of hydrogen-bond donors (Lipinski definition) is 7. The molecule has 0 aromatic rings. The molecule has 0 bridgehead atoms. The minimum absolute atomic E-state index is 0.0360. The molecule has 7 N–H and O–H groups in total. The zero-order valence-corrected chi connectivity index (χ0v) is 32.7. The van der Waals surface area contributed by atoms with Gasteiger partial charge in [0.25, 0.3) is 0 Å². The van der Waals surface area contributed by atoms with Crippen LogP contribution in [-0.2, 0) is 23.7 Å². The number of rotatable bonds is 6. The van der Waals surface area contributed by atoms with Crippen LogP contribution in [-0.4, -0.2) is 116 Å². The number of aliphatic hydroxyl groups excluding tert-OH is 6. The van der Waals surface area contributed by atoms with E-state index in [1.807, 2.05) is 0 Å². The minimum atomic E-state index is -1.62. The number of carboxylic acid groups (broad SMARTS) is 1. The molecule has 7 rings (SSSR count). The molecule has 5 aliphatic carbocycles. The quantitative estimate of drug-likeness (QED) is 0.155. The van der Waals surface area contributed by atoms with Gasteiger partial charge in [0.05, 0.1) is 30.8 Å². The van der Waals surface area contributed by atoms with Gasteiger partial charge in [0.2, 0.25) is 0 Å². The molecule has 0 amide bonds. The Morgan fingerprint density at radius 2 is 1.53 bits per heavy atom. The van der Waals surface area contributed by atoms with Gasteiger partial charge >= 0.3 is 5.97 Å². The van der Waals surface area contributed by atoms with Gasteiger partial charge in [-0.1, -0.05) is 53.2 Å². The summed E-state index contributed by atoms with van der Waals surface area (Å²) in [5.74, 6) is -0.194. The standard InChI is InChI=1S/C41H66O12/c1-21-28(44)30(46)31(47)33(51-21)53-32-29(45)24(43)19-50-34(32)52-27-11-12-37(4)25(38(27,5)20-42)10-13-40(7)26(37)9-8-22-23-18-36(2,3)14-16-41(23,35(48)49)17-15-39(22,40)6/h8,21,23-34,42-47H,9-20H2,1-7H3,(H,48,49)/t21-,23-,24-,25-,26+,27-,28-,29-,30+,31+,32+,33-,34-,37-,38-,39+,40+,41-/m0/s1. The average Bonchev–Trinajstić information content (AvgIpc) is 3.10. The van der Waals surface area contributed by atoms with Gasteiger partial charge in [0.15, 0.2) is 12.6 Å². The lowest BCUT2D eigenvalue weighted by molar-refractivity contribution is -0.365. The number of carboxylic acids is 1. The Kier molecular flexibility index (Phi) is 10.2. The van der Waals surface area contributed by atoms with Crippen LogP contribution in [0.3, 0.4) is 0 Å². The van der Waals surface area contributed by atoms with Crippen molar-refractivity contribution in [2.24, 2.45) is 50.2 Å². The number of aliphatic carboxylic acids is 1. The van der Waals surface area contributed by atoms with Crippen molar-refractivity contribution in [1.29, 1.82) is 0 Å². The maximum absolute atomic E-state index is 13.0. The molecule has 2 heterocycles. The van der Waals surface area contributed by atoms with Crippen LogP contribution in [0.1, 0.15) is 113 Å². The van der Waals surface area contributed by atoms with Crippen LogP contribution < -0.4 is 0 Å². The smallest absolute Gasteiger partial charge is 0.310 e. The molecule has 12 heteroatoms. The Bertz CT molecular complexity index is 1440. The Labute approximate surface area is 314 Å². The second-order valence-corrected chi connectivity index (χ2v) is 20.0. The van der Waals surface area contributed by atoms with Crippen LogP contribution in [0.2, 0.25) is 0 Å². The molecule has 0 spiro atoms. The van der Waals surface area contributed by atoms with Gasteiger partial charge in [-0.25, -0.2) is 0 Å². The second-order valence-electron chi connectivity index (χ2n) is 20.0. The highest BCUT2D eigenvalue weighted by molar-refractivity contribution is 5.76. The van der Waals surface area contributed by atoms with Crippen molar-refractivity contribution < 1.29 is 59.5 Å². The van der Waals surface area contributed by atoms with Crippen molar-refractivity contribution in [3.05, 3.63) is 11.6 Å². The minimum Gasteiger partial charge on any atom is -0.481 e. The van der Waals surface area contributed by atoms with E-state index in [0.29, 0.717) is 18.8 Å². The number of hydrogen-bond acceptors (Lipinski definition) is 11. The summed E-state index contributed by atoms with van der Waals surface area (Å²) >= 11 is 0. The highest BCUT2D eigenvalue weighted by atomic mass is 16.8. The molecule has 53 heavy (non-hydrogen) atoms. The molecule has 7 aliphatic rings. The first-order valence-electron chi connectivity index (χ1n) is 20.2. The normalized spacial score (nSPS) is 55.1. The van der Waals surface area contributed by atoms with Crippen LogP contribution in [0.25, 0.3) is 0 Å². The Morgan fingerprint density at radius 1 is 0.830 bits per heavy atom. The van der Waals surface area contributed by atoms with Crippen molar-refractivity contribution in [1.82, 2.24) is 0 Å². The molecule has 0 unspecified atom stereocenters. The zero-order valence-electron chi connectivity index (χ0n) is 32.7. The van der Waals surface area contributed by atoms with Crippen LogP contribution in [0, 0.1) is 50.2 Å². The summed E-state index contributed by atoms with van der Waals surface area (Å²) < 4.78 is 24.3. The van der Waals surface area contributed by atoms with Crippen LogP contribution in [0.4, 0.5) is 0 Å². The lowest BCUT2D eigenvalue weighted by Gasteiger charge is -2.71. The van der Waals surface area contributed by atoms with Gasteiger partial charge in [0.1, 0.15) is 36.6 Å². The fourth-order valence-corrected chi connectivity index (χ4v) is 13.3. The molecule has 0 aromatic heterocycles. The summed E-state index contributed by atoms with van der Waals surface area (Å²) in [7, 11) is 0. The van der Waals surface area contributed by atoms with E-state index in [9.17, 15) is 40.5 Å². The van der Waals surface area contributed by atoms with E-state index in [1.165, 1.54) is 12.5 Å². The maximum atomic E-state index is 13.0. The van der Waals surface area contributed by atoms with E-state index in [1.54, 1.807) is 0 Å². The lowest BCUT2D eigenvalue weighted by atomic mass is 9.33. The summed E-state index contributed by atoms with van der Waals surface area (Å²) in [6, 6.07) is 0. The molecule has 4 saturated carbocycles. The third-order valence-corrected chi connectivity index (χ3v) is 17.0. The first kappa shape index (κ1) is 40.0. The van der Waals surface area contributed by atoms with Crippen molar-refractivity contribution in [3.8, 4) is 0 Å². The highest BCUT2D eigenvalue weighted by Crippen LogP contribution is 2.76. The van der Waals surface area contributed by atoms with Crippen molar-refractivity contribution >= 4 is 5.97 Å². The zero-order chi connectivity index (χ0) is 38.7. The second kappa shape index (κ2) is 13.5. The number of ether oxygens (including phenoxy) is 4. The summed E-state index contributed by atoms with van der Waals surface area (Å²) in [6.07, 6.45) is -1.79. The highest BCUT2D eigenvalue weighted by Gasteiger charge is 2.70. The third kappa shape index (κ3) is 5.85. The molecular weight excluding hydrogens is 684 g/mol. The maximum Gasteiger partial charge on any atom is 0.310 e. The number of aliphatic hydroxyl groups is 6. The predicted octanol–water partition coefficient (Wildman–Crippen LogP) is 3.52. The van der Waals surface area contributed by atoms with Gasteiger partial charge in [-0.05, 0) is 111 Å². The van der Waals surface area contributed by atoms with Gasteiger partial charge in [0, 0.05) is 5.41 Å². The van der Waals surface area contributed by atoms with Crippen LogP contribution >= 0.6 is 0 Å². The number of carbonyl (C=O) groups is 1. The largest absolute Gasteiger partial charge is 0.481 e. The Morgan fingerprint density at radius 3 is 2.21 bits per heavy atom. The molecule has 0 radical (unpaired) electrons. The predicted molar refractivity (Wildman–Crippen MR) is 192 cm³/mol. The molecule has 0 aromatic carbocycles. The SMILES string of the molecule is C[C@@H]1O[C@@H](O[C@H]2[C@H](O[C@H]3CC[C@@]4(C)[C@H](CC[C@]5(C)[C@@H]4CC=C4[C@@H]6CC(C)(C)CC[C@]6(C(=O)O)CC[C@]45C)[C@]3(C)CO)OC[C@H](O)[C@@H]2O)[C@H](O)[C@H](O)[C@H]1O. The summed E-state index contributed by atoms with van der Waals surface area (Å²) in [5.41, 5.74) is -0.239. The molecule has 6 fully saturated rings. The molecule has 2 aliphatic heterocycles. The summed E-state index contributed by atoms with van der Waals surface area (Å²) in [4.78, 5) is 13.0. The van der Waals surface area contributed by atoms with E-state index in [4.69, 9.17) is 18.9 Å². The van der Waals surface area contributed by atoms with Crippen molar-refractivity contribution in [2.45, 2.75) is 174 Å².